The van der Waals surface area contributed by atoms with Gasteiger partial charge in [-0.2, -0.15) is 0 Å². The summed E-state index contributed by atoms with van der Waals surface area (Å²) in [5, 5.41) is 0.826. The zero-order valence-corrected chi connectivity index (χ0v) is 9.30. The van der Waals surface area contributed by atoms with Crippen molar-refractivity contribution in [3.8, 4) is 0 Å². The molecule has 1 aromatic rings. The van der Waals surface area contributed by atoms with Crippen molar-refractivity contribution < 1.29 is 0 Å². The van der Waals surface area contributed by atoms with Gasteiger partial charge in [-0.1, -0.05) is 30.2 Å². The van der Waals surface area contributed by atoms with Gasteiger partial charge in [-0.05, 0) is 44.1 Å². The average molecular weight is 210 g/mol. The highest BCUT2D eigenvalue weighted by Gasteiger charge is 2.19. The molecule has 1 aromatic carbocycles. The molecule has 1 aliphatic heterocycles. The minimum Gasteiger partial charge on any atom is -0.299 e. The highest BCUT2D eigenvalue weighted by molar-refractivity contribution is 6.30. The third-order valence-corrected chi connectivity index (χ3v) is 3.28. The van der Waals surface area contributed by atoms with E-state index >= 15 is 0 Å². The predicted octanol–water partition coefficient (Wildman–Crippen LogP) is 3.50. The zero-order chi connectivity index (χ0) is 9.97. The topological polar surface area (TPSA) is 3.24 Å². The minimum absolute atomic E-state index is 0.598. The molecule has 76 valence electrons. The van der Waals surface area contributed by atoms with Crippen LogP contribution in [0.2, 0.25) is 5.02 Å². The smallest absolute Gasteiger partial charge is 0.0406 e. The number of halogens is 1. The molecule has 0 aromatic heterocycles. The summed E-state index contributed by atoms with van der Waals surface area (Å²) >= 11 is 5.87. The van der Waals surface area contributed by atoms with Crippen LogP contribution in [0, 0.1) is 0 Å². The Hall–Kier alpha value is -0.530. The molecular formula is C12H16ClN. The maximum absolute atomic E-state index is 5.87. The molecule has 1 fully saturated rings. The first-order valence-corrected chi connectivity index (χ1v) is 5.61. The van der Waals surface area contributed by atoms with Gasteiger partial charge in [0.1, 0.15) is 0 Å². The van der Waals surface area contributed by atoms with E-state index in [-0.39, 0.29) is 0 Å². The van der Waals surface area contributed by atoms with E-state index in [9.17, 15) is 0 Å². The van der Waals surface area contributed by atoms with Gasteiger partial charge >= 0.3 is 0 Å². The van der Waals surface area contributed by atoms with Gasteiger partial charge in [-0.15, -0.1) is 0 Å². The Morgan fingerprint density at radius 3 is 2.57 bits per heavy atom. The molecule has 1 saturated heterocycles. The number of piperidine rings is 1. The summed E-state index contributed by atoms with van der Waals surface area (Å²) in [7, 11) is 2.21. The fourth-order valence-electron chi connectivity index (χ4n) is 2.18. The van der Waals surface area contributed by atoms with Crippen LogP contribution >= 0.6 is 11.6 Å². The average Bonchev–Trinajstić information content (AvgIpc) is 2.20. The molecular weight excluding hydrogens is 194 g/mol. The van der Waals surface area contributed by atoms with Gasteiger partial charge in [-0.3, -0.25) is 4.90 Å². The van der Waals surface area contributed by atoms with Crippen molar-refractivity contribution >= 4 is 11.6 Å². The number of hydrogen-bond donors (Lipinski definition) is 0. The van der Waals surface area contributed by atoms with Crippen molar-refractivity contribution in [1.29, 1.82) is 0 Å². The Morgan fingerprint density at radius 1 is 1.21 bits per heavy atom. The lowest BCUT2D eigenvalue weighted by Gasteiger charge is -2.32. The van der Waals surface area contributed by atoms with E-state index < -0.39 is 0 Å². The van der Waals surface area contributed by atoms with Crippen LogP contribution in [0.5, 0.6) is 0 Å². The van der Waals surface area contributed by atoms with Gasteiger partial charge in [-0.25, -0.2) is 0 Å². The van der Waals surface area contributed by atoms with E-state index in [4.69, 9.17) is 11.6 Å². The fourth-order valence-corrected chi connectivity index (χ4v) is 2.31. The van der Waals surface area contributed by atoms with Crippen LogP contribution in [0.3, 0.4) is 0 Å². The Kier molecular flexibility index (Phi) is 3.09. The first-order valence-electron chi connectivity index (χ1n) is 5.23. The van der Waals surface area contributed by atoms with Crippen LogP contribution in [0.15, 0.2) is 24.3 Å². The molecule has 1 nitrogen and oxygen atoms in total. The van der Waals surface area contributed by atoms with Crippen molar-refractivity contribution in [3.63, 3.8) is 0 Å². The fraction of sp³-hybridized carbons (Fsp3) is 0.500. The maximum atomic E-state index is 5.87. The highest BCUT2D eigenvalue weighted by atomic mass is 35.5. The molecule has 0 N–H and O–H groups in total. The Labute approximate surface area is 90.7 Å². The van der Waals surface area contributed by atoms with E-state index in [1.54, 1.807) is 0 Å². The molecule has 0 amide bonds. The lowest BCUT2D eigenvalue weighted by atomic mass is 9.96. The molecule has 1 aliphatic rings. The Bertz CT molecular complexity index is 294. The van der Waals surface area contributed by atoms with Crippen molar-refractivity contribution in [1.82, 2.24) is 4.90 Å². The summed E-state index contributed by atoms with van der Waals surface area (Å²) in [5.41, 5.74) is 1.40. The summed E-state index contributed by atoms with van der Waals surface area (Å²) in [6, 6.07) is 8.86. The third kappa shape index (κ3) is 2.10. The van der Waals surface area contributed by atoms with Crippen molar-refractivity contribution in [2.75, 3.05) is 13.6 Å². The molecule has 0 aliphatic carbocycles. The minimum atomic E-state index is 0.598. The predicted molar refractivity (Wildman–Crippen MR) is 60.7 cm³/mol. The van der Waals surface area contributed by atoms with E-state index in [1.165, 1.54) is 31.4 Å². The van der Waals surface area contributed by atoms with Gasteiger partial charge in [0.2, 0.25) is 0 Å². The first-order chi connectivity index (χ1) is 6.77. The monoisotopic (exact) mass is 209 g/mol. The van der Waals surface area contributed by atoms with Crippen LogP contribution < -0.4 is 0 Å². The van der Waals surface area contributed by atoms with Crippen molar-refractivity contribution in [3.05, 3.63) is 34.9 Å². The summed E-state index contributed by atoms with van der Waals surface area (Å²) in [6.07, 6.45) is 3.95. The quantitative estimate of drug-likeness (QED) is 0.685. The van der Waals surface area contributed by atoms with E-state index in [0.29, 0.717) is 6.04 Å². The molecule has 0 saturated carbocycles. The lowest BCUT2D eigenvalue weighted by Crippen LogP contribution is -2.29. The number of rotatable bonds is 1. The van der Waals surface area contributed by atoms with Crippen molar-refractivity contribution in [2.45, 2.75) is 25.3 Å². The zero-order valence-electron chi connectivity index (χ0n) is 8.54. The maximum Gasteiger partial charge on any atom is 0.0406 e. The molecule has 2 heteroatoms. The van der Waals surface area contributed by atoms with Gasteiger partial charge in [0, 0.05) is 11.1 Å². The molecule has 0 radical (unpaired) electrons. The summed E-state index contributed by atoms with van der Waals surface area (Å²) in [6.45, 7) is 1.22. The highest BCUT2D eigenvalue weighted by Crippen LogP contribution is 2.29. The number of likely N-dealkylation sites (tertiary alicyclic amines) is 1. The third-order valence-electron chi connectivity index (χ3n) is 3.03. The van der Waals surface area contributed by atoms with Crippen LogP contribution in [0.4, 0.5) is 0 Å². The molecule has 1 unspecified atom stereocenters. The van der Waals surface area contributed by atoms with Gasteiger partial charge in [0.15, 0.2) is 0 Å². The van der Waals surface area contributed by atoms with Crippen molar-refractivity contribution in [2.24, 2.45) is 0 Å². The number of benzene rings is 1. The molecule has 2 rings (SSSR count). The van der Waals surface area contributed by atoms with E-state index in [2.05, 4.69) is 24.1 Å². The summed E-state index contributed by atoms with van der Waals surface area (Å²) in [4.78, 5) is 2.44. The van der Waals surface area contributed by atoms with Crippen LogP contribution in [0.25, 0.3) is 0 Å². The Balaban J connectivity index is 2.16. The summed E-state index contributed by atoms with van der Waals surface area (Å²) in [5.74, 6) is 0. The normalized spacial score (nSPS) is 23.7. The Morgan fingerprint density at radius 2 is 1.93 bits per heavy atom. The van der Waals surface area contributed by atoms with Gasteiger partial charge in [0.25, 0.3) is 0 Å². The molecule has 0 bridgehead atoms. The van der Waals surface area contributed by atoms with Gasteiger partial charge < -0.3 is 0 Å². The second-order valence-electron chi connectivity index (χ2n) is 4.04. The standard InChI is InChI=1S/C12H16ClN/c1-14-9-3-2-4-12(14)10-5-7-11(13)8-6-10/h5-8,12H,2-4,9H2,1H3. The second kappa shape index (κ2) is 4.33. The molecule has 14 heavy (non-hydrogen) atoms. The lowest BCUT2D eigenvalue weighted by molar-refractivity contribution is 0.187. The number of nitrogens with zero attached hydrogens (tertiary/aromatic N) is 1. The van der Waals surface area contributed by atoms with Crippen LogP contribution in [-0.4, -0.2) is 18.5 Å². The van der Waals surface area contributed by atoms with Crippen LogP contribution in [-0.2, 0) is 0 Å². The largest absolute Gasteiger partial charge is 0.299 e. The first kappa shape index (κ1) is 10.0. The summed E-state index contributed by atoms with van der Waals surface area (Å²) < 4.78 is 0. The SMILES string of the molecule is CN1CCCCC1c1ccc(Cl)cc1. The van der Waals surface area contributed by atoms with E-state index in [1.807, 2.05) is 12.1 Å². The second-order valence-corrected chi connectivity index (χ2v) is 4.48. The van der Waals surface area contributed by atoms with Crippen LogP contribution in [0.1, 0.15) is 30.9 Å². The number of hydrogen-bond acceptors (Lipinski definition) is 1. The molecule has 1 heterocycles. The van der Waals surface area contributed by atoms with Gasteiger partial charge in [0.05, 0.1) is 0 Å². The molecule has 0 spiro atoms. The molecule has 1 atom stereocenters. The van der Waals surface area contributed by atoms with E-state index in [0.717, 1.165) is 5.02 Å².